The zero-order valence-corrected chi connectivity index (χ0v) is 19.8. The van der Waals surface area contributed by atoms with Crippen LogP contribution in [-0.4, -0.2) is 35.6 Å². The van der Waals surface area contributed by atoms with E-state index in [0.717, 1.165) is 32.1 Å². The van der Waals surface area contributed by atoms with Gasteiger partial charge < -0.3 is 10.2 Å². The van der Waals surface area contributed by atoms with Crippen LogP contribution in [0.2, 0.25) is 0 Å². The fraction of sp³-hybridized carbons (Fsp3) is 0.708. The summed E-state index contributed by atoms with van der Waals surface area (Å²) in [5.41, 5.74) is -2.54. The Bertz CT molecular complexity index is 960. The number of Topliss-reactive ketones (excluding diaryl/α,β-unsaturated/α-hetero) is 1. The molecule has 3 N–H and O–H groups in total. The molecule has 0 aliphatic heterocycles. The van der Waals surface area contributed by atoms with E-state index in [2.05, 4.69) is 4.72 Å². The van der Waals surface area contributed by atoms with Crippen molar-refractivity contribution in [3.63, 3.8) is 0 Å². The first kappa shape index (κ1) is 22.9. The largest absolute Gasteiger partial charge is 0.390 e. The molecule has 4 bridgehead atoms. The van der Waals surface area contributed by atoms with Crippen molar-refractivity contribution >= 4 is 15.8 Å². The third-order valence-corrected chi connectivity index (χ3v) is 9.32. The molecule has 0 aromatic heterocycles. The highest BCUT2D eigenvalue weighted by atomic mass is 32.2. The van der Waals surface area contributed by atoms with Gasteiger partial charge in [-0.25, -0.2) is 8.42 Å². The summed E-state index contributed by atoms with van der Waals surface area (Å²) in [6.07, 6.45) is 5.70. The van der Waals surface area contributed by atoms with E-state index in [1.165, 1.54) is 12.1 Å². The lowest BCUT2D eigenvalue weighted by Gasteiger charge is -2.60. The molecule has 7 heteroatoms. The van der Waals surface area contributed by atoms with Crippen LogP contribution in [0.5, 0.6) is 0 Å². The van der Waals surface area contributed by atoms with E-state index in [-0.39, 0.29) is 16.1 Å². The third kappa shape index (κ3) is 4.47. The number of rotatable bonds is 7. The van der Waals surface area contributed by atoms with E-state index in [1.54, 1.807) is 39.8 Å². The summed E-state index contributed by atoms with van der Waals surface area (Å²) in [4.78, 5) is 13.4. The average Bonchev–Trinajstić information content (AvgIpc) is 2.57. The van der Waals surface area contributed by atoms with Gasteiger partial charge in [-0.1, -0.05) is 12.1 Å². The molecule has 0 saturated heterocycles. The molecule has 4 aliphatic carbocycles. The Balaban J connectivity index is 1.49. The van der Waals surface area contributed by atoms with Crippen molar-refractivity contribution in [2.75, 3.05) is 0 Å². The van der Waals surface area contributed by atoms with Crippen LogP contribution < -0.4 is 4.72 Å². The Hall–Kier alpha value is -1.28. The molecule has 31 heavy (non-hydrogen) atoms. The number of sulfonamides is 1. The predicted molar refractivity (Wildman–Crippen MR) is 118 cm³/mol. The lowest BCUT2D eigenvalue weighted by molar-refractivity contribution is -0.169. The average molecular weight is 450 g/mol. The summed E-state index contributed by atoms with van der Waals surface area (Å²) in [5.74, 6) is 0.830. The van der Waals surface area contributed by atoms with Gasteiger partial charge in [0.15, 0.2) is 5.78 Å². The topological polar surface area (TPSA) is 104 Å². The summed E-state index contributed by atoms with van der Waals surface area (Å²) in [5, 5.41) is 21.0. The molecule has 5 rings (SSSR count). The summed E-state index contributed by atoms with van der Waals surface area (Å²) in [6.45, 7) is 6.51. The Morgan fingerprint density at radius 3 is 2.10 bits per heavy atom. The number of ketones is 1. The van der Waals surface area contributed by atoms with Crippen molar-refractivity contribution in [3.8, 4) is 0 Å². The predicted octanol–water partition coefficient (Wildman–Crippen LogP) is 3.26. The standard InChI is InChI=1S/C24H35NO5S/c1-21(2,25-31(29,30)19-7-5-18(6-8-19)22(3,4)27)20(26)14-23-10-16-9-17(11-23)13-24(28,12-16)15-23/h5-8,16-17,25,27-28H,9-15H2,1-4H3. The molecule has 172 valence electrons. The van der Waals surface area contributed by atoms with E-state index in [0.29, 0.717) is 30.2 Å². The van der Waals surface area contributed by atoms with Crippen LogP contribution in [0, 0.1) is 17.3 Å². The van der Waals surface area contributed by atoms with E-state index in [4.69, 9.17) is 0 Å². The Kier molecular flexibility index (Phi) is 5.25. The van der Waals surface area contributed by atoms with E-state index >= 15 is 0 Å². The van der Waals surface area contributed by atoms with Gasteiger partial charge in [-0.3, -0.25) is 4.79 Å². The lowest BCUT2D eigenvalue weighted by atomic mass is 9.46. The SMILES string of the molecule is CC(C)(NS(=O)(=O)c1ccc(C(C)(C)O)cc1)C(=O)CC12CC3CC(CC(O)(C3)C1)C2. The number of hydrogen-bond donors (Lipinski definition) is 3. The number of benzene rings is 1. The molecule has 1 aromatic rings. The maximum Gasteiger partial charge on any atom is 0.241 e. The molecule has 6 nitrogen and oxygen atoms in total. The molecule has 0 amide bonds. The summed E-state index contributed by atoms with van der Waals surface area (Å²) in [6, 6.07) is 6.06. The molecule has 4 aliphatic rings. The third-order valence-electron chi connectivity index (χ3n) is 7.64. The number of aliphatic hydroxyl groups is 2. The second-order valence-electron chi connectivity index (χ2n) is 11.6. The number of carbonyl (C=O) groups excluding carboxylic acids is 1. The first-order chi connectivity index (χ1) is 14.1. The Morgan fingerprint density at radius 2 is 1.61 bits per heavy atom. The fourth-order valence-electron chi connectivity index (χ4n) is 6.66. The summed E-state index contributed by atoms with van der Waals surface area (Å²) in [7, 11) is -3.91. The van der Waals surface area contributed by atoms with Crippen LogP contribution in [0.4, 0.5) is 0 Å². The summed E-state index contributed by atoms with van der Waals surface area (Å²) < 4.78 is 28.5. The van der Waals surface area contributed by atoms with Crippen molar-refractivity contribution in [1.29, 1.82) is 0 Å². The highest BCUT2D eigenvalue weighted by Crippen LogP contribution is 2.63. The first-order valence-electron chi connectivity index (χ1n) is 11.2. The number of carbonyl (C=O) groups is 1. The fourth-order valence-corrected chi connectivity index (χ4v) is 8.06. The zero-order valence-electron chi connectivity index (χ0n) is 18.9. The lowest BCUT2D eigenvalue weighted by Crippen LogP contribution is -2.58. The Labute approximate surface area is 185 Å². The quantitative estimate of drug-likeness (QED) is 0.593. The van der Waals surface area contributed by atoms with E-state index in [1.807, 2.05) is 0 Å². The van der Waals surface area contributed by atoms with Crippen LogP contribution in [-0.2, 0) is 20.4 Å². The van der Waals surface area contributed by atoms with E-state index < -0.39 is 26.8 Å². The molecule has 1 aromatic carbocycles. The minimum absolute atomic E-state index is 0.0606. The van der Waals surface area contributed by atoms with Gasteiger partial charge in [-0.2, -0.15) is 4.72 Å². The number of nitrogens with one attached hydrogen (secondary N) is 1. The smallest absolute Gasteiger partial charge is 0.241 e. The van der Waals surface area contributed by atoms with Gasteiger partial charge in [0.2, 0.25) is 10.0 Å². The highest BCUT2D eigenvalue weighted by Gasteiger charge is 2.58. The summed E-state index contributed by atoms with van der Waals surface area (Å²) >= 11 is 0. The van der Waals surface area contributed by atoms with Crippen molar-refractivity contribution in [1.82, 2.24) is 4.72 Å². The van der Waals surface area contributed by atoms with Crippen LogP contribution in [0.1, 0.15) is 78.2 Å². The molecule has 0 radical (unpaired) electrons. The molecule has 0 heterocycles. The molecule has 4 fully saturated rings. The van der Waals surface area contributed by atoms with Crippen molar-refractivity contribution < 1.29 is 23.4 Å². The normalized spacial score (nSPS) is 33.0. The molecule has 2 unspecified atom stereocenters. The number of hydrogen-bond acceptors (Lipinski definition) is 5. The van der Waals surface area contributed by atoms with Gasteiger partial charge in [0.25, 0.3) is 0 Å². The van der Waals surface area contributed by atoms with Gasteiger partial charge >= 0.3 is 0 Å². The van der Waals surface area contributed by atoms with Crippen molar-refractivity contribution in [2.45, 2.75) is 94.3 Å². The van der Waals surface area contributed by atoms with E-state index in [9.17, 15) is 23.4 Å². The van der Waals surface area contributed by atoms with Crippen LogP contribution in [0.25, 0.3) is 0 Å². The molecule has 0 spiro atoms. The first-order valence-corrected chi connectivity index (χ1v) is 12.7. The molecular weight excluding hydrogens is 414 g/mol. The monoisotopic (exact) mass is 449 g/mol. The van der Waals surface area contributed by atoms with Crippen molar-refractivity contribution in [2.24, 2.45) is 17.3 Å². The zero-order chi connectivity index (χ0) is 22.9. The Morgan fingerprint density at radius 1 is 1.06 bits per heavy atom. The molecule has 4 saturated carbocycles. The van der Waals surface area contributed by atoms with Crippen molar-refractivity contribution in [3.05, 3.63) is 29.8 Å². The highest BCUT2D eigenvalue weighted by molar-refractivity contribution is 7.89. The molecular formula is C24H35NO5S. The van der Waals surface area contributed by atoms with Crippen LogP contribution in [0.15, 0.2) is 29.2 Å². The van der Waals surface area contributed by atoms with Gasteiger partial charge in [0, 0.05) is 6.42 Å². The van der Waals surface area contributed by atoms with Crippen LogP contribution in [0.3, 0.4) is 0 Å². The minimum atomic E-state index is -3.91. The second kappa shape index (κ2) is 7.11. The van der Waals surface area contributed by atoms with Gasteiger partial charge in [-0.05, 0) is 101 Å². The maximum atomic E-state index is 13.3. The minimum Gasteiger partial charge on any atom is -0.390 e. The second-order valence-corrected chi connectivity index (χ2v) is 13.3. The van der Waals surface area contributed by atoms with Gasteiger partial charge in [0.1, 0.15) is 0 Å². The van der Waals surface area contributed by atoms with Gasteiger partial charge in [-0.15, -0.1) is 0 Å². The molecule has 2 atom stereocenters. The maximum absolute atomic E-state index is 13.3. The van der Waals surface area contributed by atoms with Gasteiger partial charge in [0.05, 0.1) is 21.6 Å². The van der Waals surface area contributed by atoms with Crippen LogP contribution >= 0.6 is 0 Å².